The first-order chi connectivity index (χ1) is 19.2. The number of amides is 1. The Morgan fingerprint density at radius 2 is 1.15 bits per heavy atom. The van der Waals surface area contributed by atoms with Gasteiger partial charge in [0.2, 0.25) is 5.91 Å². The van der Waals surface area contributed by atoms with Crippen molar-refractivity contribution in [1.82, 2.24) is 4.90 Å². The van der Waals surface area contributed by atoms with Crippen LogP contribution in [0.1, 0.15) is 18.4 Å². The molecular weight excluding hydrogens is 501 g/mol. The molecule has 4 nitrogen and oxygen atoms in total. The SMILES string of the molecule is O=C(OCc1ccccc1)C(N1C(=O)C2CC=CCC21)=P(c1ccccc1)(c1ccccc1)c1ccccc1. The van der Waals surface area contributed by atoms with E-state index in [0.717, 1.165) is 27.9 Å². The molecule has 194 valence electrons. The van der Waals surface area contributed by atoms with Crippen molar-refractivity contribution in [2.45, 2.75) is 25.5 Å². The van der Waals surface area contributed by atoms with E-state index < -0.39 is 12.9 Å². The van der Waals surface area contributed by atoms with Crippen LogP contribution in [-0.2, 0) is 20.9 Å². The van der Waals surface area contributed by atoms with Crippen molar-refractivity contribution in [2.24, 2.45) is 5.92 Å². The average molecular weight is 532 g/mol. The number of carbonyl (C=O) groups excluding carboxylic acids is 2. The second kappa shape index (κ2) is 10.9. The molecule has 1 amide bonds. The third kappa shape index (κ3) is 4.45. The van der Waals surface area contributed by atoms with Gasteiger partial charge < -0.3 is 9.64 Å². The van der Waals surface area contributed by atoms with Crippen LogP contribution in [0.25, 0.3) is 0 Å². The lowest BCUT2D eigenvalue weighted by molar-refractivity contribution is -0.151. The van der Waals surface area contributed by atoms with Crippen molar-refractivity contribution in [3.8, 4) is 0 Å². The van der Waals surface area contributed by atoms with Crippen LogP contribution in [0.3, 0.4) is 0 Å². The van der Waals surface area contributed by atoms with E-state index >= 15 is 0 Å². The molecule has 2 aliphatic rings. The fraction of sp³-hybridized carbons (Fsp3) is 0.147. The number of fused-ring (bicyclic) bond motifs is 1. The first kappa shape index (κ1) is 25.2. The van der Waals surface area contributed by atoms with Crippen molar-refractivity contribution >= 4 is 40.1 Å². The topological polar surface area (TPSA) is 46.6 Å². The summed E-state index contributed by atoms with van der Waals surface area (Å²) in [5.41, 5.74) is 1.37. The van der Waals surface area contributed by atoms with Gasteiger partial charge in [-0.25, -0.2) is 4.79 Å². The first-order valence-electron chi connectivity index (χ1n) is 13.3. The van der Waals surface area contributed by atoms with Gasteiger partial charge in [-0.05, 0) is 34.3 Å². The van der Waals surface area contributed by atoms with E-state index in [1.54, 1.807) is 4.90 Å². The van der Waals surface area contributed by atoms with Crippen LogP contribution in [0.2, 0.25) is 0 Å². The maximum Gasteiger partial charge on any atom is 0.356 e. The highest BCUT2D eigenvalue weighted by Gasteiger charge is 2.53. The van der Waals surface area contributed by atoms with E-state index in [1.165, 1.54) is 0 Å². The van der Waals surface area contributed by atoms with Crippen molar-refractivity contribution in [2.75, 3.05) is 0 Å². The lowest BCUT2D eigenvalue weighted by Crippen LogP contribution is -2.66. The third-order valence-corrected chi connectivity index (χ3v) is 11.9. The molecular formula is C34H30NO3P. The molecule has 0 aromatic heterocycles. The lowest BCUT2D eigenvalue weighted by Gasteiger charge is -2.50. The van der Waals surface area contributed by atoms with E-state index in [2.05, 4.69) is 48.6 Å². The first-order valence-corrected chi connectivity index (χ1v) is 15.1. The van der Waals surface area contributed by atoms with Crippen LogP contribution in [-0.4, -0.2) is 28.2 Å². The molecule has 4 aromatic rings. The summed E-state index contributed by atoms with van der Waals surface area (Å²) in [5.74, 6) is -0.538. The van der Waals surface area contributed by atoms with Crippen LogP contribution in [0.5, 0.6) is 0 Å². The molecule has 1 aliphatic heterocycles. The van der Waals surface area contributed by atoms with Gasteiger partial charge in [0.1, 0.15) is 12.0 Å². The van der Waals surface area contributed by atoms with Gasteiger partial charge in [0.05, 0.1) is 12.0 Å². The third-order valence-electron chi connectivity index (χ3n) is 7.66. The second-order valence-electron chi connectivity index (χ2n) is 9.89. The minimum atomic E-state index is -2.84. The van der Waals surface area contributed by atoms with Crippen LogP contribution >= 0.6 is 6.89 Å². The summed E-state index contributed by atoms with van der Waals surface area (Å²) in [4.78, 5) is 30.1. The van der Waals surface area contributed by atoms with Gasteiger partial charge in [-0.15, -0.1) is 0 Å². The Morgan fingerprint density at radius 3 is 1.67 bits per heavy atom. The number of likely N-dealkylation sites (tertiary alicyclic amines) is 1. The Balaban J connectivity index is 1.67. The molecule has 1 fully saturated rings. The van der Waals surface area contributed by atoms with Gasteiger partial charge in [-0.1, -0.05) is 133 Å². The Hall–Kier alpha value is -4.14. The summed E-state index contributed by atoms with van der Waals surface area (Å²) in [6, 6.07) is 40.1. The number of rotatable bonds is 7. The molecule has 1 saturated heterocycles. The van der Waals surface area contributed by atoms with Crippen LogP contribution < -0.4 is 15.9 Å². The summed E-state index contributed by atoms with van der Waals surface area (Å²) >= 11 is 0. The minimum Gasteiger partial charge on any atom is -0.456 e. The fourth-order valence-corrected chi connectivity index (χ4v) is 10.2. The number of hydrogen-bond acceptors (Lipinski definition) is 3. The molecule has 0 N–H and O–H groups in total. The highest BCUT2D eigenvalue weighted by atomic mass is 31.2. The van der Waals surface area contributed by atoms with Crippen LogP contribution in [0, 0.1) is 5.92 Å². The van der Waals surface area contributed by atoms with Crippen molar-refractivity contribution < 1.29 is 14.3 Å². The molecule has 2 unspecified atom stereocenters. The number of allylic oxidation sites excluding steroid dienone is 1. The predicted molar refractivity (Wildman–Crippen MR) is 159 cm³/mol. The largest absolute Gasteiger partial charge is 0.456 e. The highest BCUT2D eigenvalue weighted by molar-refractivity contribution is 7.96. The molecule has 1 aliphatic carbocycles. The Kier molecular flexibility index (Phi) is 7.04. The van der Waals surface area contributed by atoms with E-state index in [1.807, 2.05) is 84.9 Å². The van der Waals surface area contributed by atoms with E-state index in [4.69, 9.17) is 4.74 Å². The monoisotopic (exact) mass is 531 g/mol. The van der Waals surface area contributed by atoms with Crippen molar-refractivity contribution in [3.05, 3.63) is 139 Å². The summed E-state index contributed by atoms with van der Waals surface area (Å²) in [5, 5.41) is 3.03. The molecule has 5 heteroatoms. The molecule has 6 rings (SSSR count). The number of carbonyl (C=O) groups is 2. The Bertz CT molecular complexity index is 1450. The lowest BCUT2D eigenvalue weighted by atomic mass is 9.79. The van der Waals surface area contributed by atoms with Crippen molar-refractivity contribution in [1.29, 1.82) is 0 Å². The average Bonchev–Trinajstić information content (AvgIpc) is 3.01. The standard InChI is InChI=1S/C34H30NO3P/c36-32-30-23-13-14-24-31(30)35(32)33(34(37)38-25-26-15-5-1-6-16-26)39(27-17-7-2-8-18-27,28-19-9-3-10-20-28)29-21-11-4-12-22-29/h1-22,30-31H,23-25H2. The number of benzene rings is 4. The predicted octanol–water partition coefficient (Wildman–Crippen LogP) is 5.03. The minimum absolute atomic E-state index is 0.00294. The van der Waals surface area contributed by atoms with Gasteiger partial charge in [0.15, 0.2) is 0 Å². The zero-order valence-corrected chi connectivity index (χ0v) is 22.5. The van der Waals surface area contributed by atoms with Crippen LogP contribution in [0.15, 0.2) is 133 Å². The number of esters is 1. The normalized spacial score (nSPS) is 18.2. The number of hydrogen-bond donors (Lipinski definition) is 0. The van der Waals surface area contributed by atoms with E-state index in [9.17, 15) is 9.59 Å². The molecule has 39 heavy (non-hydrogen) atoms. The Labute approximate surface area is 229 Å². The van der Waals surface area contributed by atoms with Gasteiger partial charge in [-0.3, -0.25) is 4.79 Å². The van der Waals surface area contributed by atoms with Gasteiger partial charge in [0.25, 0.3) is 0 Å². The summed E-state index contributed by atoms with van der Waals surface area (Å²) in [6.07, 6.45) is 5.64. The number of nitrogens with zero attached hydrogens (tertiary/aromatic N) is 1. The molecule has 2 atom stereocenters. The van der Waals surface area contributed by atoms with E-state index in [-0.39, 0.29) is 24.5 Å². The van der Waals surface area contributed by atoms with Gasteiger partial charge in [0, 0.05) is 6.89 Å². The quantitative estimate of drug-likeness (QED) is 0.146. The maximum atomic E-state index is 14.5. The summed E-state index contributed by atoms with van der Waals surface area (Å²) in [7, 11) is 0. The molecule has 0 bridgehead atoms. The maximum absolute atomic E-state index is 14.5. The number of ether oxygens (including phenoxy) is 1. The molecule has 0 radical (unpaired) electrons. The zero-order chi connectivity index (χ0) is 26.7. The summed E-state index contributed by atoms with van der Waals surface area (Å²) in [6.45, 7) is -2.70. The smallest absolute Gasteiger partial charge is 0.356 e. The molecule has 0 spiro atoms. The second-order valence-corrected chi connectivity index (χ2v) is 13.2. The van der Waals surface area contributed by atoms with Crippen molar-refractivity contribution in [3.63, 3.8) is 0 Å². The molecule has 4 aromatic carbocycles. The van der Waals surface area contributed by atoms with E-state index in [0.29, 0.717) is 11.8 Å². The van der Waals surface area contributed by atoms with Gasteiger partial charge in [-0.2, -0.15) is 0 Å². The highest BCUT2D eigenvalue weighted by Crippen LogP contribution is 2.50. The zero-order valence-electron chi connectivity index (χ0n) is 21.6. The number of β-lactam (4-membered cyclic amide) rings is 1. The fourth-order valence-electron chi connectivity index (χ4n) is 5.83. The summed E-state index contributed by atoms with van der Waals surface area (Å²) < 4.78 is 6.09. The molecule has 0 saturated carbocycles. The molecule has 1 heterocycles. The van der Waals surface area contributed by atoms with Gasteiger partial charge >= 0.3 is 5.97 Å². The Morgan fingerprint density at radius 1 is 0.692 bits per heavy atom. The van der Waals surface area contributed by atoms with Crippen LogP contribution in [0.4, 0.5) is 0 Å².